The number of aromatic amines is 1. The molecule has 1 unspecified atom stereocenters. The topological polar surface area (TPSA) is 100 Å². The van der Waals surface area contributed by atoms with Gasteiger partial charge in [-0.2, -0.15) is 0 Å². The summed E-state index contributed by atoms with van der Waals surface area (Å²) in [4.78, 5) is 39.1. The van der Waals surface area contributed by atoms with E-state index in [1.807, 2.05) is 42.5 Å². The lowest BCUT2D eigenvalue weighted by Gasteiger charge is -2.32. The minimum atomic E-state index is -0.185. The van der Waals surface area contributed by atoms with E-state index in [1.54, 1.807) is 11.0 Å². The number of H-pyrrole nitrogens is 1. The third kappa shape index (κ3) is 4.15. The fraction of sp³-hybridized carbons (Fsp3) is 0.200. The van der Waals surface area contributed by atoms with Crippen molar-refractivity contribution in [2.75, 3.05) is 18.4 Å². The predicted molar refractivity (Wildman–Crippen MR) is 128 cm³/mol. The van der Waals surface area contributed by atoms with Crippen LogP contribution in [0.3, 0.4) is 0 Å². The molecule has 1 aliphatic heterocycles. The number of amides is 1. The number of fused-ring (bicyclic) bond motifs is 2. The van der Waals surface area contributed by atoms with Gasteiger partial charge in [-0.25, -0.2) is 9.97 Å². The molecule has 33 heavy (non-hydrogen) atoms. The summed E-state index contributed by atoms with van der Waals surface area (Å²) in [7, 11) is 0. The number of aromatic nitrogens is 3. The molecule has 0 radical (unpaired) electrons. The number of likely N-dealkylation sites (tertiary alicyclic amines) is 1. The number of carbonyl (C=O) groups excluding carboxylic acids is 1. The quantitative estimate of drug-likeness (QED) is 0.360. The molecule has 1 saturated heterocycles. The molecule has 1 aliphatic rings. The molecule has 1 amide bonds. The van der Waals surface area contributed by atoms with Crippen LogP contribution >= 0.6 is 0 Å². The number of hydrogen-bond donors (Lipinski definition) is 2. The van der Waals surface area contributed by atoms with E-state index in [0.29, 0.717) is 52.3 Å². The van der Waals surface area contributed by atoms with Gasteiger partial charge in [0.2, 0.25) is 11.3 Å². The summed E-state index contributed by atoms with van der Waals surface area (Å²) < 4.78 is 5.90. The van der Waals surface area contributed by atoms with E-state index >= 15 is 0 Å². The fourth-order valence-corrected chi connectivity index (χ4v) is 4.19. The van der Waals surface area contributed by atoms with Crippen LogP contribution in [0.5, 0.6) is 11.5 Å². The Morgan fingerprint density at radius 2 is 2.03 bits per heavy atom. The number of carbonyl (C=O) groups is 1. The summed E-state index contributed by atoms with van der Waals surface area (Å²) in [6, 6.07) is 14.7. The average Bonchev–Trinajstić information content (AvgIpc) is 2.85. The second-order valence-corrected chi connectivity index (χ2v) is 7.99. The summed E-state index contributed by atoms with van der Waals surface area (Å²) in [6.07, 6.45) is 4.48. The molecule has 2 aromatic carbocycles. The van der Waals surface area contributed by atoms with Crippen molar-refractivity contribution >= 4 is 33.7 Å². The van der Waals surface area contributed by atoms with Crippen molar-refractivity contribution in [2.24, 2.45) is 0 Å². The first kappa shape index (κ1) is 20.7. The normalized spacial score (nSPS) is 16.0. The number of benzene rings is 2. The van der Waals surface area contributed by atoms with E-state index in [9.17, 15) is 9.59 Å². The number of hydrogen-bond acceptors (Lipinski definition) is 6. The van der Waals surface area contributed by atoms with E-state index in [0.717, 1.165) is 12.8 Å². The number of rotatable bonds is 5. The van der Waals surface area contributed by atoms with Crippen molar-refractivity contribution < 1.29 is 9.53 Å². The van der Waals surface area contributed by atoms with Crippen molar-refractivity contribution in [3.05, 3.63) is 77.7 Å². The summed E-state index contributed by atoms with van der Waals surface area (Å²) >= 11 is 0. The number of nitrogens with one attached hydrogen (secondary N) is 2. The summed E-state index contributed by atoms with van der Waals surface area (Å²) in [5.41, 5.74) is 0.935. The number of anilines is 1. The highest BCUT2D eigenvalue weighted by Crippen LogP contribution is 2.26. The van der Waals surface area contributed by atoms with Gasteiger partial charge in [-0.3, -0.25) is 9.59 Å². The van der Waals surface area contributed by atoms with Crippen molar-refractivity contribution in [3.8, 4) is 11.5 Å². The van der Waals surface area contributed by atoms with Gasteiger partial charge >= 0.3 is 0 Å². The van der Waals surface area contributed by atoms with Crippen LogP contribution in [0.1, 0.15) is 12.8 Å². The summed E-state index contributed by atoms with van der Waals surface area (Å²) in [5.74, 6) is 1.62. The highest BCUT2D eigenvalue weighted by molar-refractivity contribution is 5.96. The van der Waals surface area contributed by atoms with Gasteiger partial charge in [0.1, 0.15) is 34.7 Å². The second-order valence-electron chi connectivity index (χ2n) is 7.99. The molecule has 0 aliphatic carbocycles. The second kappa shape index (κ2) is 8.74. The Labute approximate surface area is 189 Å². The van der Waals surface area contributed by atoms with Crippen molar-refractivity contribution in [3.63, 3.8) is 0 Å². The largest absolute Gasteiger partial charge is 0.457 e. The van der Waals surface area contributed by atoms with Crippen LogP contribution in [0.4, 0.5) is 5.82 Å². The van der Waals surface area contributed by atoms with E-state index < -0.39 is 0 Å². The van der Waals surface area contributed by atoms with Gasteiger partial charge in [0.25, 0.3) is 0 Å². The lowest BCUT2D eigenvalue weighted by atomic mass is 10.1. The highest BCUT2D eigenvalue weighted by atomic mass is 16.5. The average molecular weight is 441 g/mol. The maximum atomic E-state index is 13.5. The first-order valence-corrected chi connectivity index (χ1v) is 10.8. The maximum absolute atomic E-state index is 13.5. The number of ether oxygens (including phenoxy) is 1. The molecule has 2 aromatic heterocycles. The van der Waals surface area contributed by atoms with Crippen molar-refractivity contribution in [2.45, 2.75) is 18.9 Å². The van der Waals surface area contributed by atoms with Crippen molar-refractivity contribution in [1.82, 2.24) is 19.9 Å². The zero-order chi connectivity index (χ0) is 22.8. The van der Waals surface area contributed by atoms with Crippen LogP contribution in [-0.4, -0.2) is 44.9 Å². The van der Waals surface area contributed by atoms with E-state index in [2.05, 4.69) is 26.8 Å². The minimum Gasteiger partial charge on any atom is -0.457 e. The number of para-hydroxylation sites is 1. The number of piperidine rings is 1. The smallest absolute Gasteiger partial charge is 0.246 e. The molecule has 2 N–H and O–H groups in total. The molecule has 1 fully saturated rings. The van der Waals surface area contributed by atoms with Gasteiger partial charge in [0, 0.05) is 19.1 Å². The molecular formula is C25H23N5O3. The Kier molecular flexibility index (Phi) is 5.48. The standard InChI is InChI=1S/C25H23N5O3/c1-2-21(31)30-12-6-7-16(14-30)28-24-22-23(32)19-13-18(33-17-8-4-3-5-9-17)10-11-20(19)29-25(22)27-15-26-24/h2-5,8-11,13,15-16H,1,6-7,12,14H2,(H2,26,27,28,29,32). The van der Waals surface area contributed by atoms with Gasteiger partial charge < -0.3 is 19.9 Å². The lowest BCUT2D eigenvalue weighted by molar-refractivity contribution is -0.127. The van der Waals surface area contributed by atoms with Crippen LogP contribution in [0.2, 0.25) is 0 Å². The Hall–Kier alpha value is -4.20. The third-order valence-electron chi connectivity index (χ3n) is 5.79. The van der Waals surface area contributed by atoms with Gasteiger partial charge in [-0.05, 0) is 49.2 Å². The first-order valence-electron chi connectivity index (χ1n) is 10.8. The van der Waals surface area contributed by atoms with E-state index in [1.165, 1.54) is 12.4 Å². The van der Waals surface area contributed by atoms with Crippen LogP contribution < -0.4 is 15.5 Å². The Morgan fingerprint density at radius 3 is 2.85 bits per heavy atom. The van der Waals surface area contributed by atoms with Gasteiger partial charge in [-0.15, -0.1) is 0 Å². The summed E-state index contributed by atoms with van der Waals surface area (Å²) in [5, 5.41) is 4.23. The molecule has 0 spiro atoms. The highest BCUT2D eigenvalue weighted by Gasteiger charge is 2.23. The van der Waals surface area contributed by atoms with Crippen LogP contribution in [-0.2, 0) is 4.79 Å². The molecule has 0 saturated carbocycles. The van der Waals surface area contributed by atoms with Gasteiger partial charge in [-0.1, -0.05) is 24.8 Å². The molecule has 3 heterocycles. The Bertz CT molecular complexity index is 1400. The number of nitrogens with zero attached hydrogens (tertiary/aromatic N) is 3. The predicted octanol–water partition coefficient (Wildman–Crippen LogP) is 3.85. The van der Waals surface area contributed by atoms with Crippen LogP contribution in [0.15, 0.2) is 72.3 Å². The lowest BCUT2D eigenvalue weighted by Crippen LogP contribution is -2.44. The third-order valence-corrected chi connectivity index (χ3v) is 5.79. The fourth-order valence-electron chi connectivity index (χ4n) is 4.19. The van der Waals surface area contributed by atoms with Gasteiger partial charge in [0.05, 0.1) is 10.9 Å². The van der Waals surface area contributed by atoms with E-state index in [4.69, 9.17) is 4.74 Å². The Balaban J connectivity index is 1.51. The van der Waals surface area contributed by atoms with Crippen LogP contribution in [0.25, 0.3) is 21.9 Å². The monoisotopic (exact) mass is 441 g/mol. The molecule has 166 valence electrons. The summed E-state index contributed by atoms with van der Waals surface area (Å²) in [6.45, 7) is 4.79. The molecule has 1 atom stereocenters. The molecule has 8 heteroatoms. The van der Waals surface area contributed by atoms with E-state index in [-0.39, 0.29) is 17.4 Å². The first-order chi connectivity index (χ1) is 16.1. The zero-order valence-corrected chi connectivity index (χ0v) is 18.0. The molecular weight excluding hydrogens is 418 g/mol. The van der Waals surface area contributed by atoms with Gasteiger partial charge in [0.15, 0.2) is 0 Å². The molecule has 0 bridgehead atoms. The maximum Gasteiger partial charge on any atom is 0.246 e. The molecule has 5 rings (SSSR count). The number of pyridine rings is 1. The SMILES string of the molecule is C=CC(=O)N1CCCC(Nc2ncnc3[nH]c4ccc(Oc5ccccc5)cc4c(=O)c23)C1. The minimum absolute atomic E-state index is 0.0244. The zero-order valence-electron chi connectivity index (χ0n) is 18.0. The molecule has 4 aromatic rings. The Morgan fingerprint density at radius 1 is 1.18 bits per heavy atom. The van der Waals surface area contributed by atoms with Crippen molar-refractivity contribution in [1.29, 1.82) is 0 Å². The van der Waals surface area contributed by atoms with Crippen LogP contribution in [0, 0.1) is 0 Å². The molecule has 8 nitrogen and oxygen atoms in total.